The van der Waals surface area contributed by atoms with E-state index in [1.54, 1.807) is 6.20 Å². The fourth-order valence-electron chi connectivity index (χ4n) is 2.09. The Morgan fingerprint density at radius 2 is 2.44 bits per heavy atom. The Bertz CT molecular complexity index is 390. The summed E-state index contributed by atoms with van der Waals surface area (Å²) in [4.78, 5) is 10.2. The lowest BCUT2D eigenvalue weighted by atomic mass is 10.0. The van der Waals surface area contributed by atoms with E-state index in [9.17, 15) is 5.11 Å². The number of anilines is 1. The summed E-state index contributed by atoms with van der Waals surface area (Å²) in [5.74, 6) is 1.23. The monoisotopic (exact) mass is 305 g/mol. The van der Waals surface area contributed by atoms with E-state index >= 15 is 0 Å². The van der Waals surface area contributed by atoms with E-state index in [1.807, 2.05) is 0 Å². The maximum Gasteiger partial charge on any atom is 0.224 e. The summed E-state index contributed by atoms with van der Waals surface area (Å²) in [5.41, 5.74) is 0. The minimum atomic E-state index is 0.113. The van der Waals surface area contributed by atoms with Gasteiger partial charge in [-0.15, -0.1) is 0 Å². The highest BCUT2D eigenvalue weighted by atomic mass is 79.9. The Balaban J connectivity index is 2.33. The number of halogens is 2. The number of hydrogen-bond acceptors (Lipinski definition) is 4. The molecule has 0 amide bonds. The van der Waals surface area contributed by atoms with Gasteiger partial charge in [0.25, 0.3) is 0 Å². The summed E-state index contributed by atoms with van der Waals surface area (Å²) in [5, 5.41) is 9.63. The van der Waals surface area contributed by atoms with Crippen LogP contribution in [0, 0.1) is 5.92 Å². The number of aliphatic hydroxyl groups is 1. The fraction of sp³-hybridized carbons (Fsp3) is 0.600. The average Bonchev–Trinajstić information content (AvgIpc) is 2.63. The van der Waals surface area contributed by atoms with Gasteiger partial charge in [0.1, 0.15) is 5.82 Å². The maximum atomic E-state index is 9.40. The van der Waals surface area contributed by atoms with E-state index in [0.717, 1.165) is 23.3 Å². The van der Waals surface area contributed by atoms with E-state index in [0.29, 0.717) is 5.92 Å². The van der Waals surface area contributed by atoms with Crippen LogP contribution >= 0.6 is 27.5 Å². The molecule has 1 aromatic rings. The Morgan fingerprint density at radius 3 is 3.12 bits per heavy atom. The number of aliphatic hydroxyl groups excluding tert-OH is 1. The molecule has 88 valence electrons. The van der Waals surface area contributed by atoms with Gasteiger partial charge in [-0.05, 0) is 39.9 Å². The molecule has 0 bridgehead atoms. The normalized spacial score (nSPS) is 25.1. The predicted molar refractivity (Wildman–Crippen MR) is 66.7 cm³/mol. The van der Waals surface area contributed by atoms with Crippen LogP contribution in [0.2, 0.25) is 5.28 Å². The van der Waals surface area contributed by atoms with E-state index in [4.69, 9.17) is 11.6 Å². The van der Waals surface area contributed by atoms with E-state index < -0.39 is 0 Å². The van der Waals surface area contributed by atoms with Gasteiger partial charge in [0.2, 0.25) is 5.28 Å². The minimum Gasteiger partial charge on any atom is -0.394 e. The van der Waals surface area contributed by atoms with Crippen molar-refractivity contribution in [1.82, 2.24) is 9.97 Å². The van der Waals surface area contributed by atoms with Crippen LogP contribution in [0.3, 0.4) is 0 Å². The zero-order valence-electron chi connectivity index (χ0n) is 8.90. The molecule has 1 aromatic heterocycles. The lowest BCUT2D eigenvalue weighted by Gasteiger charge is -2.26. The highest BCUT2D eigenvalue weighted by Crippen LogP contribution is 2.32. The van der Waals surface area contributed by atoms with Crippen LogP contribution < -0.4 is 4.90 Å². The molecule has 1 saturated heterocycles. The van der Waals surface area contributed by atoms with Crippen molar-refractivity contribution in [2.24, 2.45) is 5.92 Å². The van der Waals surface area contributed by atoms with Crippen LogP contribution in [0.5, 0.6) is 0 Å². The average molecular weight is 307 g/mol. The van der Waals surface area contributed by atoms with Gasteiger partial charge in [0.05, 0.1) is 17.1 Å². The zero-order valence-corrected chi connectivity index (χ0v) is 11.2. The van der Waals surface area contributed by atoms with Gasteiger partial charge in [-0.3, -0.25) is 0 Å². The van der Waals surface area contributed by atoms with Gasteiger partial charge in [-0.1, -0.05) is 6.92 Å². The van der Waals surface area contributed by atoms with Crippen LogP contribution in [0.1, 0.15) is 13.3 Å². The summed E-state index contributed by atoms with van der Waals surface area (Å²) >= 11 is 9.20. The first-order chi connectivity index (χ1) is 7.63. The molecule has 1 N–H and O–H groups in total. The molecule has 6 heteroatoms. The molecule has 0 saturated carbocycles. The number of aromatic nitrogens is 2. The van der Waals surface area contributed by atoms with Crippen molar-refractivity contribution in [2.75, 3.05) is 18.1 Å². The van der Waals surface area contributed by atoms with Crippen molar-refractivity contribution in [2.45, 2.75) is 19.4 Å². The Labute approximate surface area is 108 Å². The molecule has 0 aliphatic carbocycles. The van der Waals surface area contributed by atoms with Gasteiger partial charge in [-0.25, -0.2) is 4.98 Å². The maximum absolute atomic E-state index is 9.40. The number of rotatable bonds is 2. The summed E-state index contributed by atoms with van der Waals surface area (Å²) in [6.07, 6.45) is 2.70. The van der Waals surface area contributed by atoms with Crippen molar-refractivity contribution in [3.05, 3.63) is 16.0 Å². The van der Waals surface area contributed by atoms with Crippen molar-refractivity contribution in [3.8, 4) is 0 Å². The minimum absolute atomic E-state index is 0.113. The summed E-state index contributed by atoms with van der Waals surface area (Å²) in [6, 6.07) is 0.113. The highest BCUT2D eigenvalue weighted by Gasteiger charge is 2.32. The topological polar surface area (TPSA) is 49.2 Å². The Hall–Kier alpha value is -0.390. The van der Waals surface area contributed by atoms with Crippen molar-refractivity contribution >= 4 is 33.3 Å². The molecule has 0 aromatic carbocycles. The smallest absolute Gasteiger partial charge is 0.224 e. The molecular formula is C10H13BrClN3O. The van der Waals surface area contributed by atoms with Crippen LogP contribution in [0.15, 0.2) is 10.7 Å². The number of nitrogens with zero attached hydrogens (tertiary/aromatic N) is 3. The molecule has 2 atom stereocenters. The van der Waals surface area contributed by atoms with Crippen LogP contribution in [-0.4, -0.2) is 34.3 Å². The third-order valence-corrected chi connectivity index (χ3v) is 3.78. The molecule has 0 spiro atoms. The standard InChI is InChI=1S/C10H13BrClN3O/c1-6-2-3-15(8(6)5-16)9-7(11)4-13-10(12)14-9/h4,6,8,16H,2-3,5H2,1H3. The van der Waals surface area contributed by atoms with Gasteiger partial charge in [0, 0.05) is 12.7 Å². The third-order valence-electron chi connectivity index (χ3n) is 3.04. The van der Waals surface area contributed by atoms with Crippen LogP contribution in [0.25, 0.3) is 0 Å². The second kappa shape index (κ2) is 4.85. The van der Waals surface area contributed by atoms with E-state index in [-0.39, 0.29) is 17.9 Å². The number of hydrogen-bond donors (Lipinski definition) is 1. The molecule has 1 aliphatic rings. The van der Waals surface area contributed by atoms with Gasteiger partial charge in [0.15, 0.2) is 0 Å². The molecule has 2 unspecified atom stereocenters. The molecule has 0 radical (unpaired) electrons. The molecule has 4 nitrogen and oxygen atoms in total. The molecule has 2 rings (SSSR count). The molecule has 2 heterocycles. The second-order valence-corrected chi connectivity index (χ2v) is 5.21. The quantitative estimate of drug-likeness (QED) is 0.850. The zero-order chi connectivity index (χ0) is 11.7. The SMILES string of the molecule is CC1CCN(c2nc(Cl)ncc2Br)C1CO. The van der Waals surface area contributed by atoms with E-state index in [2.05, 4.69) is 37.7 Å². The van der Waals surface area contributed by atoms with E-state index in [1.165, 1.54) is 0 Å². The summed E-state index contributed by atoms with van der Waals surface area (Å²) in [6.45, 7) is 3.16. The van der Waals surface area contributed by atoms with Crippen LogP contribution in [0.4, 0.5) is 5.82 Å². The van der Waals surface area contributed by atoms with Gasteiger partial charge >= 0.3 is 0 Å². The van der Waals surface area contributed by atoms with Gasteiger partial charge in [-0.2, -0.15) is 4.98 Å². The lowest BCUT2D eigenvalue weighted by Crippen LogP contribution is -2.36. The second-order valence-electron chi connectivity index (χ2n) is 4.02. The van der Waals surface area contributed by atoms with Crippen molar-refractivity contribution in [3.63, 3.8) is 0 Å². The van der Waals surface area contributed by atoms with Crippen LogP contribution in [-0.2, 0) is 0 Å². The van der Waals surface area contributed by atoms with Crippen molar-refractivity contribution < 1.29 is 5.11 Å². The van der Waals surface area contributed by atoms with Gasteiger partial charge < -0.3 is 10.0 Å². The highest BCUT2D eigenvalue weighted by molar-refractivity contribution is 9.10. The molecule has 1 aliphatic heterocycles. The summed E-state index contributed by atoms with van der Waals surface area (Å²) < 4.78 is 0.810. The molecular weight excluding hydrogens is 293 g/mol. The lowest BCUT2D eigenvalue weighted by molar-refractivity contribution is 0.244. The molecule has 16 heavy (non-hydrogen) atoms. The summed E-state index contributed by atoms with van der Waals surface area (Å²) in [7, 11) is 0. The third kappa shape index (κ3) is 2.17. The largest absolute Gasteiger partial charge is 0.394 e. The Morgan fingerprint density at radius 1 is 1.69 bits per heavy atom. The first kappa shape index (κ1) is 12.1. The molecule has 1 fully saturated rings. The fourth-order valence-corrected chi connectivity index (χ4v) is 2.64. The first-order valence-corrected chi connectivity index (χ1v) is 6.36. The Kier molecular flexibility index (Phi) is 3.66. The predicted octanol–water partition coefficient (Wildman–Crippen LogP) is 2.10. The first-order valence-electron chi connectivity index (χ1n) is 5.19. The van der Waals surface area contributed by atoms with Crippen molar-refractivity contribution in [1.29, 1.82) is 0 Å².